The van der Waals surface area contributed by atoms with Crippen LogP contribution in [0, 0.1) is 17.7 Å². The van der Waals surface area contributed by atoms with Crippen molar-refractivity contribution in [3.63, 3.8) is 0 Å². The molecule has 35 heavy (non-hydrogen) atoms. The number of likely N-dealkylation sites (N-methyl/N-ethyl adjacent to an activating group) is 1. The Balaban J connectivity index is 1.42. The number of hydrogen-bond acceptors (Lipinski definition) is 4. The van der Waals surface area contributed by atoms with E-state index in [9.17, 15) is 14.3 Å². The third kappa shape index (κ3) is 4.45. The molecule has 0 spiro atoms. The number of benzene rings is 3. The van der Waals surface area contributed by atoms with Gasteiger partial charge in [-0.25, -0.2) is 4.39 Å². The van der Waals surface area contributed by atoms with Crippen molar-refractivity contribution in [2.24, 2.45) is 11.8 Å². The van der Waals surface area contributed by atoms with Gasteiger partial charge in [0.05, 0.1) is 24.8 Å². The van der Waals surface area contributed by atoms with Crippen LogP contribution in [-0.2, 0) is 4.79 Å². The maximum absolute atomic E-state index is 14.4. The van der Waals surface area contributed by atoms with Crippen LogP contribution in [0.4, 0.5) is 10.1 Å². The molecule has 1 aliphatic carbocycles. The maximum atomic E-state index is 14.4. The fourth-order valence-electron chi connectivity index (χ4n) is 5.22. The molecule has 5 rings (SSSR count). The molecule has 0 bridgehead atoms. The molecule has 2 aliphatic rings. The van der Waals surface area contributed by atoms with Crippen molar-refractivity contribution < 1.29 is 23.8 Å². The number of halogens is 1. The number of nitrogens with zero attached hydrogens (tertiary/aromatic N) is 1. The monoisotopic (exact) mass is 475 g/mol. The second-order valence-corrected chi connectivity index (χ2v) is 9.62. The minimum atomic E-state index is -0.755. The molecule has 0 radical (unpaired) electrons. The summed E-state index contributed by atoms with van der Waals surface area (Å²) < 4.78 is 25.8. The van der Waals surface area contributed by atoms with Gasteiger partial charge in [-0.15, -0.1) is 0 Å². The van der Waals surface area contributed by atoms with Gasteiger partial charge in [-0.2, -0.15) is 0 Å². The number of aliphatic carboxylic acids is 1. The Morgan fingerprint density at radius 2 is 1.86 bits per heavy atom. The van der Waals surface area contributed by atoms with E-state index in [2.05, 4.69) is 11.0 Å². The molecule has 3 aromatic carbocycles. The molecule has 5 nitrogen and oxygen atoms in total. The van der Waals surface area contributed by atoms with Crippen molar-refractivity contribution in [3.05, 3.63) is 77.6 Å². The van der Waals surface area contributed by atoms with Crippen molar-refractivity contribution in [1.82, 2.24) is 0 Å². The summed E-state index contributed by atoms with van der Waals surface area (Å²) in [7, 11) is 3.61. The number of anilines is 1. The van der Waals surface area contributed by atoms with Crippen molar-refractivity contribution in [2.75, 3.05) is 25.7 Å². The van der Waals surface area contributed by atoms with Crippen LogP contribution < -0.4 is 14.4 Å². The second-order valence-electron chi connectivity index (χ2n) is 9.62. The normalized spacial score (nSPS) is 18.9. The molecule has 0 amide bonds. The predicted molar refractivity (Wildman–Crippen MR) is 134 cm³/mol. The van der Waals surface area contributed by atoms with Crippen LogP contribution in [0.15, 0.2) is 60.7 Å². The van der Waals surface area contributed by atoms with Crippen LogP contribution >= 0.6 is 0 Å². The Labute approximate surface area is 205 Å². The van der Waals surface area contributed by atoms with Crippen molar-refractivity contribution in [2.45, 2.75) is 31.7 Å². The van der Waals surface area contributed by atoms with Crippen LogP contribution in [0.5, 0.6) is 11.5 Å². The number of carboxylic acid groups (broad SMARTS) is 1. The number of rotatable bonds is 7. The first-order valence-electron chi connectivity index (χ1n) is 12.0. The molecule has 3 atom stereocenters. The molecule has 0 aromatic heterocycles. The largest absolute Gasteiger partial charge is 0.497 e. The van der Waals surface area contributed by atoms with Crippen LogP contribution in [0.1, 0.15) is 42.9 Å². The molecule has 6 heteroatoms. The zero-order valence-electron chi connectivity index (χ0n) is 20.2. The SMILES string of the molecule is COc1ccc(F)c(-c2ccc([C@H]3COc4ccc([C@H](C5CC5)[C@H](C)C(=O)O)cc4N3C)cc2)c1. The number of ether oxygens (including phenoxy) is 2. The molecule has 1 heterocycles. The number of methoxy groups -OCH3 is 1. The molecular formula is C29H30FNO4. The van der Waals surface area contributed by atoms with Gasteiger partial charge >= 0.3 is 5.97 Å². The first-order chi connectivity index (χ1) is 16.9. The van der Waals surface area contributed by atoms with Gasteiger partial charge in [0.1, 0.15) is 23.9 Å². The summed E-state index contributed by atoms with van der Waals surface area (Å²) >= 11 is 0. The van der Waals surface area contributed by atoms with Gasteiger partial charge < -0.3 is 19.5 Å². The Bertz CT molecular complexity index is 1240. The van der Waals surface area contributed by atoms with Gasteiger partial charge in [0.15, 0.2) is 0 Å². The Kier molecular flexibility index (Phi) is 6.13. The third-order valence-corrected chi connectivity index (χ3v) is 7.45. The van der Waals surface area contributed by atoms with Crippen molar-refractivity contribution in [3.8, 4) is 22.6 Å². The minimum Gasteiger partial charge on any atom is -0.497 e. The van der Waals surface area contributed by atoms with E-state index in [4.69, 9.17) is 9.47 Å². The molecule has 1 N–H and O–H groups in total. The van der Waals surface area contributed by atoms with Gasteiger partial charge in [-0.1, -0.05) is 37.3 Å². The van der Waals surface area contributed by atoms with Gasteiger partial charge in [0.25, 0.3) is 0 Å². The Hall–Kier alpha value is -3.54. The zero-order valence-corrected chi connectivity index (χ0v) is 20.2. The van der Waals surface area contributed by atoms with E-state index in [1.165, 1.54) is 6.07 Å². The average molecular weight is 476 g/mol. The summed E-state index contributed by atoms with van der Waals surface area (Å²) in [5.41, 5.74) is 4.36. The van der Waals surface area contributed by atoms with E-state index in [-0.39, 0.29) is 17.8 Å². The van der Waals surface area contributed by atoms with E-state index >= 15 is 0 Å². The second kappa shape index (κ2) is 9.25. The summed E-state index contributed by atoms with van der Waals surface area (Å²) in [5, 5.41) is 9.66. The minimum absolute atomic E-state index is 0.00335. The Morgan fingerprint density at radius 1 is 1.11 bits per heavy atom. The number of fused-ring (bicyclic) bond motifs is 1. The van der Waals surface area contributed by atoms with Crippen LogP contribution in [0.3, 0.4) is 0 Å². The lowest BCUT2D eigenvalue weighted by Gasteiger charge is -2.37. The van der Waals surface area contributed by atoms with Crippen LogP contribution in [0.2, 0.25) is 0 Å². The zero-order chi connectivity index (χ0) is 24.7. The van der Waals surface area contributed by atoms with Gasteiger partial charge in [-0.3, -0.25) is 4.79 Å². The van der Waals surface area contributed by atoms with E-state index in [1.807, 2.05) is 43.4 Å². The van der Waals surface area contributed by atoms with E-state index < -0.39 is 11.9 Å². The maximum Gasteiger partial charge on any atom is 0.306 e. The smallest absolute Gasteiger partial charge is 0.306 e. The summed E-state index contributed by atoms with van der Waals surface area (Å²) in [6.45, 7) is 2.30. The summed E-state index contributed by atoms with van der Waals surface area (Å²) in [6, 6.07) is 18.7. The molecule has 1 saturated carbocycles. The number of hydrogen-bond donors (Lipinski definition) is 1. The lowest BCUT2D eigenvalue weighted by atomic mass is 9.83. The van der Waals surface area contributed by atoms with Gasteiger partial charge in [0.2, 0.25) is 0 Å². The summed E-state index contributed by atoms with van der Waals surface area (Å²) in [6.07, 6.45) is 2.16. The van der Waals surface area contributed by atoms with Gasteiger partial charge in [-0.05, 0) is 71.7 Å². The molecule has 0 unspecified atom stereocenters. The molecule has 1 aliphatic heterocycles. The van der Waals surface area contributed by atoms with Crippen molar-refractivity contribution >= 4 is 11.7 Å². The molecular weight excluding hydrogens is 445 g/mol. The number of carbonyl (C=O) groups is 1. The average Bonchev–Trinajstić information content (AvgIpc) is 3.70. The highest BCUT2D eigenvalue weighted by Crippen LogP contribution is 2.49. The number of carboxylic acids is 1. The summed E-state index contributed by atoms with van der Waals surface area (Å²) in [4.78, 5) is 14.0. The molecule has 3 aromatic rings. The lowest BCUT2D eigenvalue weighted by Crippen LogP contribution is -2.33. The fourth-order valence-corrected chi connectivity index (χ4v) is 5.22. The highest BCUT2D eigenvalue weighted by atomic mass is 19.1. The highest BCUT2D eigenvalue weighted by molar-refractivity contribution is 5.72. The highest BCUT2D eigenvalue weighted by Gasteiger charge is 2.39. The summed E-state index contributed by atoms with van der Waals surface area (Å²) in [5.74, 6) is 0.363. The van der Waals surface area contributed by atoms with E-state index in [0.717, 1.165) is 41.0 Å². The standard InChI is InChI=1S/C29H30FNO4/c1-17(29(32)33)28(20-8-9-20)21-10-13-27-25(14-21)31(2)26(16-35-27)19-6-4-18(5-7-19)23-15-22(34-3)11-12-24(23)30/h4-7,10-15,17,20,26,28H,8-9,16H2,1-3H3,(H,32,33)/t17-,26+,28-/m0/s1. The predicted octanol–water partition coefficient (Wildman–Crippen LogP) is 6.29. The van der Waals surface area contributed by atoms with Crippen LogP contribution in [-0.4, -0.2) is 31.8 Å². The quantitative estimate of drug-likeness (QED) is 0.435. The van der Waals surface area contributed by atoms with Crippen LogP contribution in [0.25, 0.3) is 11.1 Å². The molecule has 0 saturated heterocycles. The lowest BCUT2D eigenvalue weighted by molar-refractivity contribution is -0.142. The van der Waals surface area contributed by atoms with E-state index in [0.29, 0.717) is 23.8 Å². The fraction of sp³-hybridized carbons (Fsp3) is 0.345. The molecule has 1 fully saturated rings. The van der Waals surface area contributed by atoms with E-state index in [1.54, 1.807) is 26.2 Å². The molecule has 182 valence electrons. The first-order valence-corrected chi connectivity index (χ1v) is 12.0. The Morgan fingerprint density at radius 3 is 2.51 bits per heavy atom. The van der Waals surface area contributed by atoms with Crippen molar-refractivity contribution in [1.29, 1.82) is 0 Å². The first kappa shape index (κ1) is 23.2. The topological polar surface area (TPSA) is 59.0 Å². The van der Waals surface area contributed by atoms with Gasteiger partial charge in [0, 0.05) is 12.6 Å². The third-order valence-electron chi connectivity index (χ3n) is 7.45.